The quantitative estimate of drug-likeness (QED) is 0.804. The van der Waals surface area contributed by atoms with Crippen molar-refractivity contribution in [2.24, 2.45) is 0 Å². The lowest BCUT2D eigenvalue weighted by molar-refractivity contribution is 0.102. The Morgan fingerprint density at radius 2 is 2.22 bits per heavy atom. The number of hydrogen-bond donors (Lipinski definition) is 1. The summed E-state index contributed by atoms with van der Waals surface area (Å²) in [5, 5.41) is 2.66. The number of anilines is 1. The number of rotatable bonds is 4. The summed E-state index contributed by atoms with van der Waals surface area (Å²) in [6, 6.07) is 6.20. The molecule has 23 heavy (non-hydrogen) atoms. The highest BCUT2D eigenvalue weighted by Crippen LogP contribution is 2.23. The van der Waals surface area contributed by atoms with Gasteiger partial charge in [0.2, 0.25) is 0 Å². The SMILES string of the molecule is CCc1nc2c(OC)cccn2c1C(=O)Nc1ccc(F)cn1. The molecule has 1 N–H and O–H groups in total. The van der Waals surface area contributed by atoms with Gasteiger partial charge in [0.05, 0.1) is 19.0 Å². The Morgan fingerprint density at radius 3 is 2.87 bits per heavy atom. The lowest BCUT2D eigenvalue weighted by Gasteiger charge is -2.06. The van der Waals surface area contributed by atoms with Crippen LogP contribution in [0, 0.1) is 5.82 Å². The van der Waals surface area contributed by atoms with Crippen LogP contribution < -0.4 is 10.1 Å². The van der Waals surface area contributed by atoms with E-state index in [2.05, 4.69) is 15.3 Å². The molecule has 0 spiro atoms. The Labute approximate surface area is 131 Å². The van der Waals surface area contributed by atoms with E-state index in [9.17, 15) is 9.18 Å². The maximum absolute atomic E-state index is 12.9. The molecule has 0 bridgehead atoms. The van der Waals surface area contributed by atoms with Gasteiger partial charge >= 0.3 is 0 Å². The van der Waals surface area contributed by atoms with Crippen LogP contribution in [0.15, 0.2) is 36.7 Å². The van der Waals surface area contributed by atoms with Gasteiger partial charge in [-0.3, -0.25) is 9.20 Å². The lowest BCUT2D eigenvalue weighted by Crippen LogP contribution is -2.17. The van der Waals surface area contributed by atoms with E-state index in [0.29, 0.717) is 29.2 Å². The number of ether oxygens (including phenoxy) is 1. The zero-order chi connectivity index (χ0) is 16.4. The second-order valence-electron chi connectivity index (χ2n) is 4.85. The molecule has 0 saturated carbocycles. The maximum atomic E-state index is 12.9. The number of aromatic nitrogens is 3. The Morgan fingerprint density at radius 1 is 1.39 bits per heavy atom. The highest BCUT2D eigenvalue weighted by Gasteiger charge is 2.20. The lowest BCUT2D eigenvalue weighted by atomic mass is 10.2. The van der Waals surface area contributed by atoms with Crippen LogP contribution in [0.3, 0.4) is 0 Å². The molecule has 118 valence electrons. The number of imidazole rings is 1. The number of hydrogen-bond acceptors (Lipinski definition) is 4. The number of pyridine rings is 2. The summed E-state index contributed by atoms with van der Waals surface area (Å²) < 4.78 is 19.9. The molecular weight excluding hydrogens is 299 g/mol. The average molecular weight is 314 g/mol. The van der Waals surface area contributed by atoms with Crippen molar-refractivity contribution in [1.82, 2.24) is 14.4 Å². The van der Waals surface area contributed by atoms with E-state index in [4.69, 9.17) is 4.74 Å². The number of amides is 1. The third-order valence-corrected chi connectivity index (χ3v) is 3.43. The van der Waals surface area contributed by atoms with E-state index in [1.165, 1.54) is 12.1 Å². The van der Waals surface area contributed by atoms with Crippen LogP contribution in [0.5, 0.6) is 5.75 Å². The van der Waals surface area contributed by atoms with E-state index in [0.717, 1.165) is 6.20 Å². The number of nitrogens with zero attached hydrogens (tertiary/aromatic N) is 3. The van der Waals surface area contributed by atoms with E-state index in [-0.39, 0.29) is 11.7 Å². The molecule has 0 aliphatic heterocycles. The molecule has 3 aromatic heterocycles. The molecule has 6 nitrogen and oxygen atoms in total. The number of nitrogens with one attached hydrogen (secondary N) is 1. The van der Waals surface area contributed by atoms with Gasteiger partial charge in [-0.25, -0.2) is 14.4 Å². The zero-order valence-electron chi connectivity index (χ0n) is 12.7. The number of carbonyl (C=O) groups is 1. The average Bonchev–Trinajstić information content (AvgIpc) is 2.95. The van der Waals surface area contributed by atoms with Crippen molar-refractivity contribution < 1.29 is 13.9 Å². The molecule has 3 aromatic rings. The standard InChI is InChI=1S/C16H15FN4O2/c1-3-11-14(16(22)20-13-7-6-10(17)9-18-13)21-8-4-5-12(23-2)15(21)19-11/h4-9H,3H2,1-2H3,(H,18,20,22). The minimum Gasteiger partial charge on any atom is -0.493 e. The molecule has 3 rings (SSSR count). The molecule has 0 aliphatic rings. The molecule has 7 heteroatoms. The number of methoxy groups -OCH3 is 1. The third kappa shape index (κ3) is 2.73. The number of aryl methyl sites for hydroxylation is 1. The first kappa shape index (κ1) is 15.0. The first-order valence-electron chi connectivity index (χ1n) is 7.11. The second kappa shape index (κ2) is 6.04. The van der Waals surface area contributed by atoms with Gasteiger partial charge in [0.15, 0.2) is 11.4 Å². The summed E-state index contributed by atoms with van der Waals surface area (Å²) in [5.74, 6) is 0.0379. The van der Waals surface area contributed by atoms with Crippen molar-refractivity contribution in [2.75, 3.05) is 12.4 Å². The van der Waals surface area contributed by atoms with Gasteiger partial charge in [-0.1, -0.05) is 6.92 Å². The molecule has 1 amide bonds. The summed E-state index contributed by atoms with van der Waals surface area (Å²) in [4.78, 5) is 20.9. The molecule has 0 radical (unpaired) electrons. The van der Waals surface area contributed by atoms with Crippen LogP contribution in [0.4, 0.5) is 10.2 Å². The van der Waals surface area contributed by atoms with E-state index in [1.54, 1.807) is 29.8 Å². The van der Waals surface area contributed by atoms with Crippen molar-refractivity contribution in [3.8, 4) is 5.75 Å². The van der Waals surface area contributed by atoms with Gasteiger partial charge in [-0.15, -0.1) is 0 Å². The van der Waals surface area contributed by atoms with E-state index in [1.807, 2.05) is 6.92 Å². The van der Waals surface area contributed by atoms with Crippen LogP contribution in [0.25, 0.3) is 5.65 Å². The number of halogens is 1. The molecule has 0 atom stereocenters. The van der Waals surface area contributed by atoms with Crippen molar-refractivity contribution >= 4 is 17.4 Å². The van der Waals surface area contributed by atoms with Crippen LogP contribution in [-0.4, -0.2) is 27.4 Å². The summed E-state index contributed by atoms with van der Waals surface area (Å²) >= 11 is 0. The van der Waals surface area contributed by atoms with Gasteiger partial charge in [-0.05, 0) is 30.7 Å². The molecule has 0 saturated heterocycles. The minimum atomic E-state index is -0.461. The summed E-state index contributed by atoms with van der Waals surface area (Å²) in [7, 11) is 1.55. The molecule has 3 heterocycles. The summed E-state index contributed by atoms with van der Waals surface area (Å²) in [5.41, 5.74) is 1.63. The highest BCUT2D eigenvalue weighted by atomic mass is 19.1. The van der Waals surface area contributed by atoms with Gasteiger partial charge in [0.25, 0.3) is 5.91 Å². The normalized spacial score (nSPS) is 10.7. The fourth-order valence-electron chi connectivity index (χ4n) is 2.36. The Kier molecular flexibility index (Phi) is 3.92. The fraction of sp³-hybridized carbons (Fsp3) is 0.188. The van der Waals surface area contributed by atoms with Gasteiger partial charge in [0, 0.05) is 6.20 Å². The van der Waals surface area contributed by atoms with Crippen LogP contribution in [0.1, 0.15) is 23.1 Å². The Bertz CT molecular complexity index is 858. The largest absolute Gasteiger partial charge is 0.493 e. The Hall–Kier alpha value is -2.96. The van der Waals surface area contributed by atoms with Crippen molar-refractivity contribution in [2.45, 2.75) is 13.3 Å². The first-order chi connectivity index (χ1) is 11.1. The van der Waals surface area contributed by atoms with Gasteiger partial charge in [0.1, 0.15) is 17.3 Å². The third-order valence-electron chi connectivity index (χ3n) is 3.43. The number of fused-ring (bicyclic) bond motifs is 1. The summed E-state index contributed by atoms with van der Waals surface area (Å²) in [6.07, 6.45) is 3.38. The monoisotopic (exact) mass is 314 g/mol. The van der Waals surface area contributed by atoms with E-state index >= 15 is 0 Å². The molecule has 0 unspecified atom stereocenters. The molecule has 0 fully saturated rings. The highest BCUT2D eigenvalue weighted by molar-refractivity contribution is 6.04. The van der Waals surface area contributed by atoms with Gasteiger partial charge < -0.3 is 10.1 Å². The smallest absolute Gasteiger partial charge is 0.275 e. The zero-order valence-corrected chi connectivity index (χ0v) is 12.7. The first-order valence-corrected chi connectivity index (χ1v) is 7.11. The maximum Gasteiger partial charge on any atom is 0.275 e. The van der Waals surface area contributed by atoms with Crippen molar-refractivity contribution in [3.63, 3.8) is 0 Å². The predicted octanol–water partition coefficient (Wildman–Crippen LogP) is 2.69. The predicted molar refractivity (Wildman–Crippen MR) is 83.3 cm³/mol. The van der Waals surface area contributed by atoms with Crippen molar-refractivity contribution in [1.29, 1.82) is 0 Å². The van der Waals surface area contributed by atoms with E-state index < -0.39 is 5.82 Å². The molecular formula is C16H15FN4O2. The fourth-order valence-corrected chi connectivity index (χ4v) is 2.36. The summed E-state index contributed by atoms with van der Waals surface area (Å²) in [6.45, 7) is 1.92. The molecule has 0 aliphatic carbocycles. The molecule has 0 aromatic carbocycles. The van der Waals surface area contributed by atoms with Crippen LogP contribution in [0.2, 0.25) is 0 Å². The van der Waals surface area contributed by atoms with Crippen LogP contribution >= 0.6 is 0 Å². The Balaban J connectivity index is 2.04. The van der Waals surface area contributed by atoms with Crippen molar-refractivity contribution in [3.05, 3.63) is 53.9 Å². The van der Waals surface area contributed by atoms with Gasteiger partial charge in [-0.2, -0.15) is 0 Å². The number of carbonyl (C=O) groups excluding carboxylic acids is 1. The topological polar surface area (TPSA) is 68.5 Å². The van der Waals surface area contributed by atoms with Crippen LogP contribution in [-0.2, 0) is 6.42 Å². The minimum absolute atomic E-state index is 0.274. The second-order valence-corrected chi connectivity index (χ2v) is 4.85.